The standard InChI is InChI=1S/C34H48ClN5O6/c1-11-12-26(24-14-16-25(44-10)17-15-24)27-19-23(13-18-28(27)35)20-40(32(43)46-34(5,6)7)29(36-30(41)45-33(2,3)4)39-21-37(8)31(42)38(9)22-39/h13-19,26H,11-12,20-22H2,1-10H3. The molecule has 0 aliphatic carbocycles. The molecule has 1 saturated heterocycles. The van der Waals surface area contributed by atoms with Gasteiger partial charge in [0.2, 0.25) is 5.96 Å². The highest BCUT2D eigenvalue weighted by molar-refractivity contribution is 6.31. The van der Waals surface area contributed by atoms with Gasteiger partial charge >= 0.3 is 18.2 Å². The number of nitrogens with zero attached hydrogens (tertiary/aromatic N) is 5. The van der Waals surface area contributed by atoms with Gasteiger partial charge in [0.1, 0.15) is 17.0 Å². The topological polar surface area (TPSA) is 104 Å². The van der Waals surface area contributed by atoms with Crippen LogP contribution in [0.4, 0.5) is 14.4 Å². The highest BCUT2D eigenvalue weighted by atomic mass is 35.5. The first-order chi connectivity index (χ1) is 21.4. The highest BCUT2D eigenvalue weighted by Crippen LogP contribution is 2.36. The summed E-state index contributed by atoms with van der Waals surface area (Å²) in [7, 11) is 4.90. The summed E-state index contributed by atoms with van der Waals surface area (Å²) in [5.41, 5.74) is 1.07. The van der Waals surface area contributed by atoms with Crippen molar-refractivity contribution in [3.05, 3.63) is 64.2 Å². The van der Waals surface area contributed by atoms with Gasteiger partial charge in [-0.25, -0.2) is 19.3 Å². The van der Waals surface area contributed by atoms with Gasteiger partial charge in [-0.05, 0) is 82.9 Å². The normalized spacial score (nSPS) is 15.1. The van der Waals surface area contributed by atoms with Gasteiger partial charge < -0.3 is 28.9 Å². The fourth-order valence-corrected chi connectivity index (χ4v) is 5.31. The number of carbonyl (C=O) groups excluding carboxylic acids is 3. The molecule has 0 bridgehead atoms. The number of hydrogen-bond donors (Lipinski definition) is 0. The minimum absolute atomic E-state index is 0.0000456. The Morgan fingerprint density at radius 2 is 1.54 bits per heavy atom. The Balaban J connectivity index is 2.14. The minimum Gasteiger partial charge on any atom is -0.497 e. The molecule has 3 rings (SSSR count). The third kappa shape index (κ3) is 10.0. The second kappa shape index (κ2) is 15.1. The number of hydrogen-bond acceptors (Lipinski definition) is 6. The predicted molar refractivity (Wildman–Crippen MR) is 179 cm³/mol. The lowest BCUT2D eigenvalue weighted by atomic mass is 9.86. The summed E-state index contributed by atoms with van der Waals surface area (Å²) < 4.78 is 16.7. The van der Waals surface area contributed by atoms with Crippen LogP contribution in [0.2, 0.25) is 5.02 Å². The van der Waals surface area contributed by atoms with E-state index in [0.29, 0.717) is 5.02 Å². The van der Waals surface area contributed by atoms with Crippen LogP contribution >= 0.6 is 11.6 Å². The smallest absolute Gasteiger partial charge is 0.437 e. The third-order valence-corrected chi connectivity index (χ3v) is 7.36. The number of carbonyl (C=O) groups is 3. The largest absolute Gasteiger partial charge is 0.497 e. The predicted octanol–water partition coefficient (Wildman–Crippen LogP) is 7.52. The molecule has 0 saturated carbocycles. The van der Waals surface area contributed by atoms with E-state index in [9.17, 15) is 14.4 Å². The molecular weight excluding hydrogens is 610 g/mol. The zero-order valence-electron chi connectivity index (χ0n) is 28.7. The van der Waals surface area contributed by atoms with Crippen LogP contribution in [0.1, 0.15) is 83.9 Å². The van der Waals surface area contributed by atoms with Crippen molar-refractivity contribution in [3.63, 3.8) is 0 Å². The summed E-state index contributed by atoms with van der Waals surface area (Å²) in [5.74, 6) is 0.745. The van der Waals surface area contributed by atoms with Gasteiger partial charge in [-0.3, -0.25) is 0 Å². The number of aliphatic imine (C=N–C) groups is 1. The van der Waals surface area contributed by atoms with Gasteiger partial charge in [0.25, 0.3) is 0 Å². The number of urea groups is 1. The number of guanidine groups is 1. The Labute approximate surface area is 278 Å². The van der Waals surface area contributed by atoms with Crippen LogP contribution in [0.3, 0.4) is 0 Å². The molecule has 46 heavy (non-hydrogen) atoms. The van der Waals surface area contributed by atoms with Gasteiger partial charge in [0.05, 0.1) is 27.0 Å². The summed E-state index contributed by atoms with van der Waals surface area (Å²) in [6.45, 7) is 12.8. The van der Waals surface area contributed by atoms with Crippen LogP contribution in [-0.4, -0.2) is 89.5 Å². The lowest BCUT2D eigenvalue weighted by Crippen LogP contribution is -2.60. The van der Waals surface area contributed by atoms with Crippen molar-refractivity contribution in [1.82, 2.24) is 19.6 Å². The van der Waals surface area contributed by atoms with E-state index in [1.165, 1.54) is 14.7 Å². The molecule has 2 aromatic rings. The first kappa shape index (κ1) is 36.5. The van der Waals surface area contributed by atoms with Crippen LogP contribution in [0.15, 0.2) is 47.5 Å². The van der Waals surface area contributed by atoms with Crippen molar-refractivity contribution in [2.24, 2.45) is 4.99 Å². The maximum absolute atomic E-state index is 13.9. The number of halogens is 1. The first-order valence-corrected chi connectivity index (χ1v) is 15.8. The number of ether oxygens (including phenoxy) is 3. The minimum atomic E-state index is -0.877. The van der Waals surface area contributed by atoms with E-state index in [2.05, 4.69) is 11.9 Å². The third-order valence-electron chi connectivity index (χ3n) is 7.01. The van der Waals surface area contributed by atoms with Crippen molar-refractivity contribution in [2.75, 3.05) is 34.5 Å². The van der Waals surface area contributed by atoms with Crippen LogP contribution in [0.5, 0.6) is 5.75 Å². The van der Waals surface area contributed by atoms with Crippen LogP contribution in [0, 0.1) is 0 Å². The molecule has 0 radical (unpaired) electrons. The molecule has 1 aliphatic heterocycles. The van der Waals surface area contributed by atoms with E-state index in [1.54, 1.807) is 67.6 Å². The summed E-state index contributed by atoms with van der Waals surface area (Å²) in [5, 5.41) is 0.599. The van der Waals surface area contributed by atoms with E-state index >= 15 is 0 Å². The Hall–Kier alpha value is -3.99. The molecule has 1 aliphatic rings. The Kier molecular flexibility index (Phi) is 11.9. The van der Waals surface area contributed by atoms with E-state index in [4.69, 9.17) is 25.8 Å². The van der Waals surface area contributed by atoms with Crippen molar-refractivity contribution in [2.45, 2.75) is 85.0 Å². The molecule has 0 aromatic heterocycles. The highest BCUT2D eigenvalue weighted by Gasteiger charge is 2.35. The molecular formula is C34H48ClN5O6. The molecule has 12 heteroatoms. The molecule has 4 amide bonds. The fraction of sp³-hybridized carbons (Fsp3) is 0.529. The zero-order chi connectivity index (χ0) is 34.4. The average Bonchev–Trinajstić information content (AvgIpc) is 2.95. The van der Waals surface area contributed by atoms with Crippen molar-refractivity contribution >= 4 is 35.8 Å². The van der Waals surface area contributed by atoms with Gasteiger partial charge in [0.15, 0.2) is 0 Å². The van der Waals surface area contributed by atoms with Gasteiger partial charge in [-0.2, -0.15) is 0 Å². The average molecular weight is 658 g/mol. The molecule has 1 unspecified atom stereocenters. The van der Waals surface area contributed by atoms with Crippen LogP contribution in [-0.2, 0) is 16.0 Å². The van der Waals surface area contributed by atoms with Crippen LogP contribution < -0.4 is 4.74 Å². The van der Waals surface area contributed by atoms with Crippen molar-refractivity contribution in [3.8, 4) is 5.75 Å². The molecule has 0 N–H and O–H groups in total. The lowest BCUT2D eigenvalue weighted by Gasteiger charge is -2.42. The second-order valence-electron chi connectivity index (χ2n) is 13.4. The number of amides is 4. The molecule has 2 aromatic carbocycles. The number of benzene rings is 2. The quantitative estimate of drug-likeness (QED) is 0.224. The molecule has 1 atom stereocenters. The monoisotopic (exact) mass is 657 g/mol. The summed E-state index contributed by atoms with van der Waals surface area (Å²) in [6.07, 6.45) is 0.172. The van der Waals surface area contributed by atoms with E-state index < -0.39 is 23.4 Å². The summed E-state index contributed by atoms with van der Waals surface area (Å²) in [6, 6.07) is 13.3. The Morgan fingerprint density at radius 1 is 0.957 bits per heavy atom. The molecule has 252 valence electrons. The van der Waals surface area contributed by atoms with Gasteiger partial charge in [-0.15, -0.1) is 4.99 Å². The maximum atomic E-state index is 13.9. The Morgan fingerprint density at radius 3 is 2.07 bits per heavy atom. The van der Waals surface area contributed by atoms with Gasteiger partial charge in [-0.1, -0.05) is 49.2 Å². The van der Waals surface area contributed by atoms with Crippen LogP contribution in [0.25, 0.3) is 0 Å². The summed E-state index contributed by atoms with van der Waals surface area (Å²) >= 11 is 6.82. The van der Waals surface area contributed by atoms with E-state index in [-0.39, 0.29) is 37.8 Å². The fourth-order valence-electron chi connectivity index (χ4n) is 5.07. The van der Waals surface area contributed by atoms with Gasteiger partial charge in [0, 0.05) is 25.0 Å². The summed E-state index contributed by atoms with van der Waals surface area (Å²) in [4.78, 5) is 49.8. The maximum Gasteiger partial charge on any atom is 0.437 e. The first-order valence-electron chi connectivity index (χ1n) is 15.4. The molecule has 0 spiro atoms. The Bertz CT molecular complexity index is 1400. The molecule has 1 heterocycles. The second-order valence-corrected chi connectivity index (χ2v) is 13.8. The van der Waals surface area contributed by atoms with Crippen molar-refractivity contribution in [1.29, 1.82) is 0 Å². The zero-order valence-corrected chi connectivity index (χ0v) is 29.5. The lowest BCUT2D eigenvalue weighted by molar-refractivity contribution is 0.0300. The molecule has 1 fully saturated rings. The SMILES string of the molecule is CCCC(c1ccc(OC)cc1)c1cc(CN(C(=O)OC(C)(C)C)C(=NC(=O)OC(C)(C)C)N2CN(C)C(=O)N(C)C2)ccc1Cl. The van der Waals surface area contributed by atoms with E-state index in [1.807, 2.05) is 42.5 Å². The van der Waals surface area contributed by atoms with E-state index in [0.717, 1.165) is 35.3 Å². The number of rotatable bonds is 7. The number of methoxy groups -OCH3 is 1. The van der Waals surface area contributed by atoms with Crippen molar-refractivity contribution < 1.29 is 28.6 Å². The molecule has 11 nitrogen and oxygen atoms in total.